The SMILES string of the molecule is CS(=O)(=O)O.F.[GaH3]. The van der Waals surface area contributed by atoms with E-state index < -0.39 is 10.1 Å². The van der Waals surface area contributed by atoms with Crippen LogP contribution in [0.1, 0.15) is 0 Å². The van der Waals surface area contributed by atoms with Gasteiger partial charge in [-0.3, -0.25) is 9.26 Å². The van der Waals surface area contributed by atoms with Crippen LogP contribution in [0.2, 0.25) is 0 Å². The molecule has 0 fully saturated rings. The molecule has 0 rings (SSSR count). The molecule has 0 heterocycles. The van der Waals surface area contributed by atoms with Crippen LogP contribution in [0.4, 0.5) is 4.70 Å². The van der Waals surface area contributed by atoms with Crippen molar-refractivity contribution in [2.24, 2.45) is 0 Å². The molecule has 6 heteroatoms. The van der Waals surface area contributed by atoms with Crippen LogP contribution in [-0.4, -0.2) is 39.0 Å². The van der Waals surface area contributed by atoms with E-state index in [2.05, 4.69) is 0 Å². The summed E-state index contributed by atoms with van der Waals surface area (Å²) in [6.45, 7) is 0. The van der Waals surface area contributed by atoms with Crippen molar-refractivity contribution in [3.05, 3.63) is 0 Å². The Labute approximate surface area is 54.3 Å². The van der Waals surface area contributed by atoms with Crippen LogP contribution in [0, 0.1) is 0 Å². The average molecular weight is 189 g/mol. The predicted molar refractivity (Wildman–Crippen MR) is 29.9 cm³/mol. The molecule has 46 valence electrons. The van der Waals surface area contributed by atoms with Crippen molar-refractivity contribution in [2.45, 2.75) is 0 Å². The maximum absolute atomic E-state index is 9.19. The number of halogens is 1. The molecule has 0 amide bonds. The first-order chi connectivity index (χ1) is 2.00. The fourth-order valence-corrected chi connectivity index (χ4v) is 0. The zero-order valence-corrected chi connectivity index (χ0v) is 3.90. The van der Waals surface area contributed by atoms with Crippen molar-refractivity contribution in [2.75, 3.05) is 6.26 Å². The Balaban J connectivity index is -0.0000000800. The monoisotopic (exact) mass is 188 g/mol. The summed E-state index contributed by atoms with van der Waals surface area (Å²) >= 11 is 0. The summed E-state index contributed by atoms with van der Waals surface area (Å²) in [5.74, 6) is 0. The second kappa shape index (κ2) is 4.63. The summed E-state index contributed by atoms with van der Waals surface area (Å²) in [4.78, 5) is 0. The molecule has 0 bridgehead atoms. The van der Waals surface area contributed by atoms with E-state index in [1.807, 2.05) is 0 Å². The molecule has 0 aliphatic heterocycles. The summed E-state index contributed by atoms with van der Waals surface area (Å²) in [7, 11) is -3.67. The van der Waals surface area contributed by atoms with Gasteiger partial charge >= 0.3 is 19.8 Å². The van der Waals surface area contributed by atoms with E-state index in [4.69, 9.17) is 4.55 Å². The third-order valence-corrected chi connectivity index (χ3v) is 0. The molecule has 0 aromatic rings. The van der Waals surface area contributed by atoms with E-state index in [0.29, 0.717) is 6.26 Å². The van der Waals surface area contributed by atoms with Gasteiger partial charge in [-0.1, -0.05) is 0 Å². The first kappa shape index (κ1) is 15.6. The standard InChI is InChI=1S/CH4O3S.FH.Ga.3H/c1-5(2,3)4;;;;;/h1H3,(H,2,3,4);1H;;;;. The van der Waals surface area contributed by atoms with Gasteiger partial charge in [0.1, 0.15) is 0 Å². The molecule has 0 aromatic carbocycles. The van der Waals surface area contributed by atoms with Gasteiger partial charge < -0.3 is 0 Å². The van der Waals surface area contributed by atoms with Gasteiger partial charge in [0.25, 0.3) is 10.1 Å². The summed E-state index contributed by atoms with van der Waals surface area (Å²) in [6, 6.07) is 0. The first-order valence-electron chi connectivity index (χ1n) is 0.924. The Hall–Kier alpha value is 0.476. The second-order valence-corrected chi connectivity index (χ2v) is 2.20. The first-order valence-corrected chi connectivity index (χ1v) is 2.77. The van der Waals surface area contributed by atoms with Crippen LogP contribution in [0.5, 0.6) is 0 Å². The van der Waals surface area contributed by atoms with Crippen LogP contribution >= 0.6 is 0 Å². The molecular weight excluding hydrogens is 181 g/mol. The van der Waals surface area contributed by atoms with Crippen molar-refractivity contribution in [3.63, 3.8) is 0 Å². The molecule has 0 aliphatic rings. The van der Waals surface area contributed by atoms with Gasteiger partial charge in [0.2, 0.25) is 0 Å². The Morgan fingerprint density at radius 3 is 1.43 bits per heavy atom. The molecule has 0 unspecified atom stereocenters. The van der Waals surface area contributed by atoms with Gasteiger partial charge in [-0.05, 0) is 0 Å². The molecule has 0 saturated carbocycles. The normalized spacial score (nSPS) is 8.29. The summed E-state index contributed by atoms with van der Waals surface area (Å²) < 4.78 is 25.9. The van der Waals surface area contributed by atoms with Crippen molar-refractivity contribution >= 4 is 29.9 Å². The molecule has 0 spiro atoms. The van der Waals surface area contributed by atoms with E-state index >= 15 is 0 Å². The number of hydrogen-bond acceptors (Lipinski definition) is 2. The van der Waals surface area contributed by atoms with E-state index in [1.165, 1.54) is 0 Å². The summed E-state index contributed by atoms with van der Waals surface area (Å²) in [5.41, 5.74) is 0. The van der Waals surface area contributed by atoms with Crippen LogP contribution < -0.4 is 0 Å². The molecule has 0 radical (unpaired) electrons. The van der Waals surface area contributed by atoms with Crippen LogP contribution in [0.15, 0.2) is 0 Å². The van der Waals surface area contributed by atoms with E-state index in [0.717, 1.165) is 0 Å². The Morgan fingerprint density at radius 1 is 1.43 bits per heavy atom. The number of hydrogen-bond donors (Lipinski definition) is 1. The van der Waals surface area contributed by atoms with E-state index in [9.17, 15) is 8.42 Å². The molecule has 7 heavy (non-hydrogen) atoms. The third-order valence-electron chi connectivity index (χ3n) is 0. The van der Waals surface area contributed by atoms with Crippen LogP contribution in [-0.2, 0) is 10.1 Å². The van der Waals surface area contributed by atoms with Gasteiger partial charge in [0, 0.05) is 0 Å². The fraction of sp³-hybridized carbons (Fsp3) is 1.00. The van der Waals surface area contributed by atoms with E-state index in [-0.39, 0.29) is 24.5 Å². The number of rotatable bonds is 0. The molecule has 0 atom stereocenters. The van der Waals surface area contributed by atoms with Gasteiger partial charge in [0.15, 0.2) is 0 Å². The van der Waals surface area contributed by atoms with Gasteiger partial charge in [-0.25, -0.2) is 0 Å². The molecule has 0 saturated heterocycles. The Bertz CT molecular complexity index is 98.1. The minimum absolute atomic E-state index is 0. The van der Waals surface area contributed by atoms with Crippen LogP contribution in [0.25, 0.3) is 0 Å². The Morgan fingerprint density at radius 2 is 1.43 bits per heavy atom. The summed E-state index contributed by atoms with van der Waals surface area (Å²) in [6.07, 6.45) is 0.715. The molecule has 0 aromatic heterocycles. The molecule has 0 aliphatic carbocycles. The predicted octanol–water partition coefficient (Wildman–Crippen LogP) is -1.53. The Kier molecular flexibility index (Phi) is 10.4. The fourth-order valence-electron chi connectivity index (χ4n) is 0. The summed E-state index contributed by atoms with van der Waals surface area (Å²) in [5, 5.41) is 0. The minimum atomic E-state index is -3.67. The zero-order valence-electron chi connectivity index (χ0n) is 3.08. The van der Waals surface area contributed by atoms with E-state index in [1.54, 1.807) is 0 Å². The maximum atomic E-state index is 9.19. The van der Waals surface area contributed by atoms with Crippen molar-refractivity contribution in [3.8, 4) is 0 Å². The molecule has 3 nitrogen and oxygen atoms in total. The topological polar surface area (TPSA) is 54.4 Å². The van der Waals surface area contributed by atoms with Crippen molar-refractivity contribution < 1.29 is 17.7 Å². The van der Waals surface area contributed by atoms with Gasteiger partial charge in [-0.2, -0.15) is 8.42 Å². The molecule has 1 N–H and O–H groups in total. The van der Waals surface area contributed by atoms with Crippen molar-refractivity contribution in [1.82, 2.24) is 0 Å². The van der Waals surface area contributed by atoms with Gasteiger partial charge in [-0.15, -0.1) is 0 Å². The third kappa shape index (κ3) is 572. The van der Waals surface area contributed by atoms with Crippen molar-refractivity contribution in [1.29, 1.82) is 0 Å². The molecular formula is CH8FGaO3S. The quantitative estimate of drug-likeness (QED) is 0.371. The zero-order chi connectivity index (χ0) is 4.50. The second-order valence-electron chi connectivity index (χ2n) is 0.733. The van der Waals surface area contributed by atoms with Gasteiger partial charge in [0.05, 0.1) is 6.26 Å². The van der Waals surface area contributed by atoms with Crippen LogP contribution in [0.3, 0.4) is 0 Å². The average Bonchev–Trinajstić information content (AvgIpc) is 0.722.